The van der Waals surface area contributed by atoms with Crippen LogP contribution in [0.15, 0.2) is 18.2 Å². The zero-order valence-electron chi connectivity index (χ0n) is 8.08. The summed E-state index contributed by atoms with van der Waals surface area (Å²) >= 11 is 5.83. The summed E-state index contributed by atoms with van der Waals surface area (Å²) in [5, 5.41) is 11.6. The van der Waals surface area contributed by atoms with Crippen molar-refractivity contribution in [2.75, 3.05) is 19.0 Å². The number of halogens is 1. The summed E-state index contributed by atoms with van der Waals surface area (Å²) in [6.07, 6.45) is 0. The number of nitrogens with one attached hydrogen (secondary N) is 1. The third kappa shape index (κ3) is 3.24. The first-order chi connectivity index (χ1) is 7.17. The van der Waals surface area contributed by atoms with Gasteiger partial charge in [0, 0.05) is 7.11 Å². The standard InChI is InChI=1S/C10H9ClN2O2/c1-15-6-10(14)13-9-4-7(5-12)2-3-8(9)11/h2-4H,6H2,1H3,(H,13,14). The molecule has 0 aliphatic carbocycles. The lowest BCUT2D eigenvalue weighted by Gasteiger charge is -2.06. The summed E-state index contributed by atoms with van der Waals surface area (Å²) in [6, 6.07) is 6.60. The van der Waals surface area contributed by atoms with Gasteiger partial charge in [-0.1, -0.05) is 11.6 Å². The second kappa shape index (κ2) is 5.35. The van der Waals surface area contributed by atoms with Crippen LogP contribution in [0.5, 0.6) is 0 Å². The van der Waals surface area contributed by atoms with E-state index in [1.54, 1.807) is 12.1 Å². The second-order valence-corrected chi connectivity index (χ2v) is 3.19. The number of hydrogen-bond acceptors (Lipinski definition) is 3. The van der Waals surface area contributed by atoms with E-state index in [0.29, 0.717) is 16.3 Å². The number of carbonyl (C=O) groups is 1. The third-order valence-electron chi connectivity index (χ3n) is 1.64. The van der Waals surface area contributed by atoms with Crippen LogP contribution >= 0.6 is 11.6 Å². The average molecular weight is 225 g/mol. The first-order valence-electron chi connectivity index (χ1n) is 4.16. The molecule has 0 aromatic heterocycles. The highest BCUT2D eigenvalue weighted by Crippen LogP contribution is 2.22. The van der Waals surface area contributed by atoms with Gasteiger partial charge in [-0.15, -0.1) is 0 Å². The summed E-state index contributed by atoms with van der Waals surface area (Å²) in [6.45, 7) is -0.0485. The molecular weight excluding hydrogens is 216 g/mol. The van der Waals surface area contributed by atoms with Crippen molar-refractivity contribution in [2.45, 2.75) is 0 Å². The maximum atomic E-state index is 11.2. The minimum atomic E-state index is -0.311. The van der Waals surface area contributed by atoms with Crippen molar-refractivity contribution in [1.29, 1.82) is 5.26 Å². The Morgan fingerprint density at radius 3 is 3.00 bits per heavy atom. The fraction of sp³-hybridized carbons (Fsp3) is 0.200. The number of nitriles is 1. The zero-order valence-corrected chi connectivity index (χ0v) is 8.84. The van der Waals surface area contributed by atoms with Crippen LogP contribution in [0.25, 0.3) is 0 Å². The molecule has 0 radical (unpaired) electrons. The molecule has 0 heterocycles. The van der Waals surface area contributed by atoms with Gasteiger partial charge in [0.15, 0.2) is 0 Å². The predicted molar refractivity (Wildman–Crippen MR) is 56.7 cm³/mol. The lowest BCUT2D eigenvalue weighted by molar-refractivity contribution is -0.119. The molecule has 5 heteroatoms. The largest absolute Gasteiger partial charge is 0.375 e. The Kier molecular flexibility index (Phi) is 4.10. The van der Waals surface area contributed by atoms with Gasteiger partial charge in [-0.2, -0.15) is 5.26 Å². The minimum Gasteiger partial charge on any atom is -0.375 e. The first kappa shape index (κ1) is 11.5. The van der Waals surface area contributed by atoms with Gasteiger partial charge in [0.05, 0.1) is 22.3 Å². The van der Waals surface area contributed by atoms with Crippen LogP contribution in [-0.2, 0) is 9.53 Å². The second-order valence-electron chi connectivity index (χ2n) is 2.79. The SMILES string of the molecule is COCC(=O)Nc1cc(C#N)ccc1Cl. The van der Waals surface area contributed by atoms with E-state index in [1.165, 1.54) is 13.2 Å². The molecule has 0 aliphatic heterocycles. The third-order valence-corrected chi connectivity index (χ3v) is 1.97. The van der Waals surface area contributed by atoms with Crippen molar-refractivity contribution >= 4 is 23.2 Å². The molecule has 0 saturated carbocycles. The topological polar surface area (TPSA) is 62.1 Å². The van der Waals surface area contributed by atoms with E-state index in [0.717, 1.165) is 0 Å². The molecule has 0 fully saturated rings. The van der Waals surface area contributed by atoms with E-state index in [4.69, 9.17) is 16.9 Å². The van der Waals surface area contributed by atoms with Gasteiger partial charge in [-0.05, 0) is 18.2 Å². The Morgan fingerprint density at radius 2 is 2.40 bits per heavy atom. The van der Waals surface area contributed by atoms with Crippen molar-refractivity contribution in [3.8, 4) is 6.07 Å². The number of hydrogen-bond donors (Lipinski definition) is 1. The van der Waals surface area contributed by atoms with Crippen LogP contribution in [0.4, 0.5) is 5.69 Å². The van der Waals surface area contributed by atoms with E-state index in [1.807, 2.05) is 6.07 Å². The number of carbonyl (C=O) groups excluding carboxylic acids is 1. The molecule has 1 amide bonds. The summed E-state index contributed by atoms with van der Waals surface area (Å²) in [7, 11) is 1.42. The molecule has 1 N–H and O–H groups in total. The Hall–Kier alpha value is -1.57. The Labute approximate surface area is 92.4 Å². The molecule has 0 spiro atoms. The van der Waals surface area contributed by atoms with E-state index in [9.17, 15) is 4.79 Å². The van der Waals surface area contributed by atoms with E-state index in [-0.39, 0.29) is 12.5 Å². The first-order valence-corrected chi connectivity index (χ1v) is 4.53. The maximum Gasteiger partial charge on any atom is 0.250 e. The van der Waals surface area contributed by atoms with Crippen molar-refractivity contribution in [2.24, 2.45) is 0 Å². The lowest BCUT2D eigenvalue weighted by Crippen LogP contribution is -2.17. The minimum absolute atomic E-state index is 0.0485. The molecular formula is C10H9ClN2O2. The van der Waals surface area contributed by atoms with Crippen LogP contribution in [0, 0.1) is 11.3 Å². The molecule has 78 valence electrons. The van der Waals surface area contributed by atoms with Gasteiger partial charge in [0.2, 0.25) is 5.91 Å². The molecule has 0 bridgehead atoms. The fourth-order valence-electron chi connectivity index (χ4n) is 1.01. The van der Waals surface area contributed by atoms with Gasteiger partial charge in [0.25, 0.3) is 0 Å². The fourth-order valence-corrected chi connectivity index (χ4v) is 1.17. The molecule has 0 aliphatic rings. The van der Waals surface area contributed by atoms with Gasteiger partial charge in [-0.3, -0.25) is 4.79 Å². The normalized spacial score (nSPS) is 9.40. The van der Waals surface area contributed by atoms with E-state index < -0.39 is 0 Å². The highest BCUT2D eigenvalue weighted by molar-refractivity contribution is 6.33. The molecule has 1 aromatic rings. The van der Waals surface area contributed by atoms with Crippen molar-refractivity contribution in [1.82, 2.24) is 0 Å². The maximum absolute atomic E-state index is 11.2. The van der Waals surface area contributed by atoms with E-state index in [2.05, 4.69) is 10.1 Å². The number of rotatable bonds is 3. The zero-order chi connectivity index (χ0) is 11.3. The van der Waals surface area contributed by atoms with Crippen LogP contribution in [0.1, 0.15) is 5.56 Å². The number of anilines is 1. The number of benzene rings is 1. The summed E-state index contributed by atoms with van der Waals surface area (Å²) in [5.74, 6) is -0.311. The van der Waals surface area contributed by atoms with E-state index >= 15 is 0 Å². The lowest BCUT2D eigenvalue weighted by atomic mass is 10.2. The van der Waals surface area contributed by atoms with Gasteiger partial charge < -0.3 is 10.1 Å². The Bertz CT molecular complexity index is 412. The number of methoxy groups -OCH3 is 1. The molecule has 0 unspecified atom stereocenters. The summed E-state index contributed by atoms with van der Waals surface area (Å²) in [5.41, 5.74) is 0.852. The summed E-state index contributed by atoms with van der Waals surface area (Å²) < 4.78 is 4.65. The van der Waals surface area contributed by atoms with Crippen molar-refractivity contribution in [3.05, 3.63) is 28.8 Å². The summed E-state index contributed by atoms with van der Waals surface area (Å²) in [4.78, 5) is 11.2. The quantitative estimate of drug-likeness (QED) is 0.852. The Balaban J connectivity index is 2.85. The highest BCUT2D eigenvalue weighted by atomic mass is 35.5. The van der Waals surface area contributed by atoms with Crippen LogP contribution in [0.2, 0.25) is 5.02 Å². The predicted octanol–water partition coefficient (Wildman–Crippen LogP) is 1.80. The number of nitrogens with zero attached hydrogens (tertiary/aromatic N) is 1. The number of amides is 1. The van der Waals surface area contributed by atoms with Crippen LogP contribution in [0.3, 0.4) is 0 Å². The van der Waals surface area contributed by atoms with Gasteiger partial charge in [-0.25, -0.2) is 0 Å². The van der Waals surface area contributed by atoms with Crippen molar-refractivity contribution in [3.63, 3.8) is 0 Å². The molecule has 4 nitrogen and oxygen atoms in total. The molecule has 0 atom stereocenters. The van der Waals surface area contributed by atoms with Crippen LogP contribution in [-0.4, -0.2) is 19.6 Å². The average Bonchev–Trinajstić information content (AvgIpc) is 2.21. The van der Waals surface area contributed by atoms with Crippen molar-refractivity contribution < 1.29 is 9.53 Å². The molecule has 0 saturated heterocycles. The monoisotopic (exact) mass is 224 g/mol. The van der Waals surface area contributed by atoms with Gasteiger partial charge >= 0.3 is 0 Å². The smallest absolute Gasteiger partial charge is 0.250 e. The van der Waals surface area contributed by atoms with Gasteiger partial charge in [0.1, 0.15) is 6.61 Å². The highest BCUT2D eigenvalue weighted by Gasteiger charge is 2.06. The molecule has 1 aromatic carbocycles. The van der Waals surface area contributed by atoms with Crippen LogP contribution < -0.4 is 5.32 Å². The number of ether oxygens (including phenoxy) is 1. The molecule has 1 rings (SSSR count). The molecule has 15 heavy (non-hydrogen) atoms. The Morgan fingerprint density at radius 1 is 1.67 bits per heavy atom.